The van der Waals surface area contributed by atoms with Gasteiger partial charge in [-0.25, -0.2) is 22.4 Å². The van der Waals surface area contributed by atoms with Gasteiger partial charge in [-0.3, -0.25) is 0 Å². The van der Waals surface area contributed by atoms with Gasteiger partial charge in [0, 0.05) is 23.6 Å². The van der Waals surface area contributed by atoms with Crippen LogP contribution >= 0.6 is 0 Å². The van der Waals surface area contributed by atoms with Crippen molar-refractivity contribution in [1.29, 1.82) is 5.26 Å². The highest BCUT2D eigenvalue weighted by Crippen LogP contribution is 2.30. The highest BCUT2D eigenvalue weighted by atomic mass is 19.1. The molecule has 31 heavy (non-hydrogen) atoms. The minimum atomic E-state index is -1.49. The second kappa shape index (κ2) is 9.90. The molecule has 0 atom stereocenters. The number of carbonyl (C=O) groups is 1. The number of benzene rings is 2. The summed E-state index contributed by atoms with van der Waals surface area (Å²) in [4.78, 5) is 12.2. The number of nitrogens with zero attached hydrogens (tertiary/aromatic N) is 1. The summed E-state index contributed by atoms with van der Waals surface area (Å²) in [6, 6.07) is 4.22. The Labute approximate surface area is 176 Å². The molecule has 0 N–H and O–H groups in total. The molecule has 1 fully saturated rings. The van der Waals surface area contributed by atoms with E-state index in [0.717, 1.165) is 31.4 Å². The molecule has 0 saturated carbocycles. The summed E-state index contributed by atoms with van der Waals surface area (Å²) in [5, 5.41) is 8.65. The molecule has 5 nitrogen and oxygen atoms in total. The molecule has 0 aromatic heterocycles. The van der Waals surface area contributed by atoms with E-state index in [4.69, 9.17) is 14.7 Å². The van der Waals surface area contributed by atoms with Crippen LogP contribution in [0.3, 0.4) is 0 Å². The van der Waals surface area contributed by atoms with Crippen molar-refractivity contribution in [2.75, 3.05) is 13.2 Å². The number of hydrogen-bond acceptors (Lipinski definition) is 5. The lowest BCUT2D eigenvalue weighted by Crippen LogP contribution is -2.27. The van der Waals surface area contributed by atoms with Crippen LogP contribution in [0.15, 0.2) is 24.3 Å². The summed E-state index contributed by atoms with van der Waals surface area (Å²) in [7, 11) is 0. The molecule has 164 valence electrons. The first-order chi connectivity index (χ1) is 14.8. The zero-order chi connectivity index (χ0) is 22.5. The van der Waals surface area contributed by atoms with Gasteiger partial charge < -0.3 is 14.2 Å². The summed E-state index contributed by atoms with van der Waals surface area (Å²) in [5.41, 5.74) is -1.85. The average molecular weight is 437 g/mol. The maximum atomic E-state index is 14.5. The van der Waals surface area contributed by atoms with E-state index in [1.54, 1.807) is 0 Å². The lowest BCUT2D eigenvalue weighted by Gasteiger charge is -2.29. The molecule has 2 aromatic carbocycles. The van der Waals surface area contributed by atoms with E-state index in [9.17, 15) is 22.4 Å². The van der Waals surface area contributed by atoms with Crippen LogP contribution in [0.1, 0.15) is 54.0 Å². The summed E-state index contributed by atoms with van der Waals surface area (Å²) >= 11 is 0. The molecular formula is C22H19F4NO4. The Hall–Kier alpha value is -2.96. The third kappa shape index (κ3) is 5.21. The van der Waals surface area contributed by atoms with E-state index in [0.29, 0.717) is 25.3 Å². The largest absolute Gasteiger partial charge is 0.423 e. The van der Waals surface area contributed by atoms with Crippen LogP contribution < -0.4 is 4.74 Å². The molecule has 1 saturated heterocycles. The molecule has 0 aliphatic carbocycles. The topological polar surface area (TPSA) is 68.5 Å². The van der Waals surface area contributed by atoms with Crippen LogP contribution in [0.25, 0.3) is 0 Å². The van der Waals surface area contributed by atoms with Crippen molar-refractivity contribution in [3.8, 4) is 11.8 Å². The summed E-state index contributed by atoms with van der Waals surface area (Å²) < 4.78 is 72.1. The van der Waals surface area contributed by atoms with Gasteiger partial charge in [0.2, 0.25) is 0 Å². The third-order valence-corrected chi connectivity index (χ3v) is 4.81. The predicted molar refractivity (Wildman–Crippen MR) is 100 cm³/mol. The molecule has 0 unspecified atom stereocenters. The molecule has 1 aliphatic heterocycles. The van der Waals surface area contributed by atoms with E-state index in [1.165, 1.54) is 6.07 Å². The smallest absolute Gasteiger partial charge is 0.349 e. The standard InChI is InChI=1S/C22H19F4NO4/c1-2-3-4-12-10-29-22(30-11-12)13-5-18(25)20(19(26)6-13)21(28)31-14-7-16(23)15(9-27)17(24)8-14/h5-8,12,22H,2-4,10-11H2,1H3. The van der Waals surface area contributed by atoms with Crippen molar-refractivity contribution in [3.63, 3.8) is 0 Å². The van der Waals surface area contributed by atoms with E-state index in [1.807, 2.05) is 0 Å². The number of esters is 1. The number of carbonyl (C=O) groups excluding carboxylic acids is 1. The van der Waals surface area contributed by atoms with Crippen molar-refractivity contribution in [1.82, 2.24) is 0 Å². The van der Waals surface area contributed by atoms with Crippen molar-refractivity contribution < 1.29 is 36.6 Å². The highest BCUT2D eigenvalue weighted by Gasteiger charge is 2.28. The van der Waals surface area contributed by atoms with E-state index >= 15 is 0 Å². The number of unbranched alkanes of at least 4 members (excludes halogenated alkanes) is 1. The van der Waals surface area contributed by atoms with Crippen molar-refractivity contribution >= 4 is 5.97 Å². The zero-order valence-corrected chi connectivity index (χ0v) is 16.6. The van der Waals surface area contributed by atoms with Crippen molar-refractivity contribution in [2.24, 2.45) is 5.92 Å². The Balaban J connectivity index is 1.74. The quantitative estimate of drug-likeness (QED) is 0.354. The van der Waals surface area contributed by atoms with Crippen LogP contribution in [0.5, 0.6) is 5.75 Å². The second-order valence-corrected chi connectivity index (χ2v) is 7.13. The Morgan fingerprint density at radius 3 is 2.16 bits per heavy atom. The molecule has 0 spiro atoms. The van der Waals surface area contributed by atoms with E-state index in [-0.39, 0.29) is 11.5 Å². The van der Waals surface area contributed by atoms with Gasteiger partial charge in [-0.15, -0.1) is 0 Å². The number of nitriles is 1. The molecule has 1 heterocycles. The minimum absolute atomic E-state index is 0.0518. The van der Waals surface area contributed by atoms with Crippen LogP contribution in [0.2, 0.25) is 0 Å². The first kappa shape index (κ1) is 22.7. The number of hydrogen-bond donors (Lipinski definition) is 0. The Morgan fingerprint density at radius 1 is 1.06 bits per heavy atom. The second-order valence-electron chi connectivity index (χ2n) is 7.13. The number of rotatable bonds is 6. The first-order valence-electron chi connectivity index (χ1n) is 9.67. The summed E-state index contributed by atoms with van der Waals surface area (Å²) in [6.07, 6.45) is 2.01. The Bertz CT molecular complexity index is 967. The fraction of sp³-hybridized carbons (Fsp3) is 0.364. The minimum Gasteiger partial charge on any atom is -0.423 e. The van der Waals surface area contributed by atoms with Gasteiger partial charge in [-0.05, 0) is 18.6 Å². The normalized spacial score (nSPS) is 18.5. The highest BCUT2D eigenvalue weighted by molar-refractivity contribution is 5.91. The maximum Gasteiger partial charge on any atom is 0.349 e. The van der Waals surface area contributed by atoms with Crippen LogP contribution in [0, 0.1) is 40.5 Å². The van der Waals surface area contributed by atoms with E-state index < -0.39 is 52.4 Å². The fourth-order valence-corrected chi connectivity index (χ4v) is 3.19. The maximum absolute atomic E-state index is 14.5. The third-order valence-electron chi connectivity index (χ3n) is 4.81. The van der Waals surface area contributed by atoms with Gasteiger partial charge >= 0.3 is 5.97 Å². The molecular weight excluding hydrogens is 418 g/mol. The van der Waals surface area contributed by atoms with Gasteiger partial charge in [0.1, 0.15) is 46.2 Å². The zero-order valence-electron chi connectivity index (χ0n) is 16.6. The van der Waals surface area contributed by atoms with Gasteiger partial charge in [0.15, 0.2) is 6.29 Å². The average Bonchev–Trinajstić information content (AvgIpc) is 2.72. The van der Waals surface area contributed by atoms with Crippen molar-refractivity contribution in [2.45, 2.75) is 32.5 Å². The van der Waals surface area contributed by atoms with E-state index in [2.05, 4.69) is 11.7 Å². The fourth-order valence-electron chi connectivity index (χ4n) is 3.19. The molecule has 9 heteroatoms. The number of ether oxygens (including phenoxy) is 3. The molecule has 2 aromatic rings. The van der Waals surface area contributed by atoms with Crippen LogP contribution in [0.4, 0.5) is 17.6 Å². The van der Waals surface area contributed by atoms with Gasteiger partial charge in [0.05, 0.1) is 13.2 Å². The van der Waals surface area contributed by atoms with Crippen molar-refractivity contribution in [3.05, 3.63) is 64.2 Å². The monoisotopic (exact) mass is 437 g/mol. The molecule has 1 aliphatic rings. The lowest BCUT2D eigenvalue weighted by atomic mass is 10.0. The predicted octanol–water partition coefficient (Wildman–Crippen LogP) is 5.19. The summed E-state index contributed by atoms with van der Waals surface area (Å²) in [6.45, 7) is 2.83. The summed E-state index contributed by atoms with van der Waals surface area (Å²) in [5.74, 6) is -6.96. The molecule has 0 amide bonds. The Morgan fingerprint density at radius 2 is 1.65 bits per heavy atom. The Kier molecular flexibility index (Phi) is 7.25. The number of halogens is 4. The first-order valence-corrected chi connectivity index (χ1v) is 9.67. The van der Waals surface area contributed by atoms with Gasteiger partial charge in [-0.2, -0.15) is 5.26 Å². The molecule has 3 rings (SSSR count). The lowest BCUT2D eigenvalue weighted by molar-refractivity contribution is -0.206. The van der Waals surface area contributed by atoms with Crippen LogP contribution in [-0.4, -0.2) is 19.2 Å². The van der Waals surface area contributed by atoms with Gasteiger partial charge in [0.25, 0.3) is 0 Å². The SMILES string of the molecule is CCCCC1COC(c2cc(F)c(C(=O)Oc3cc(F)c(C#N)c(F)c3)c(F)c2)OC1. The van der Waals surface area contributed by atoms with Crippen LogP contribution in [-0.2, 0) is 9.47 Å². The van der Waals surface area contributed by atoms with Gasteiger partial charge in [-0.1, -0.05) is 19.8 Å². The molecule has 0 radical (unpaired) electrons. The molecule has 0 bridgehead atoms.